The molecule has 0 aliphatic heterocycles. The lowest BCUT2D eigenvalue weighted by Crippen LogP contribution is -2.45. The van der Waals surface area contributed by atoms with Crippen molar-refractivity contribution in [3.8, 4) is 11.4 Å². The number of urea groups is 1. The lowest BCUT2D eigenvalue weighted by atomic mass is 9.91. The maximum atomic E-state index is 14.5. The SMILES string of the molecule is CN(C)C(=O)N[C@@H]1CCC[C@@H](Nc2nc(-c3c[nH]c4ncc(Cl)cc34)ncc2F)C1. The highest BCUT2D eigenvalue weighted by molar-refractivity contribution is 6.31. The van der Waals surface area contributed by atoms with Crippen LogP contribution in [0.5, 0.6) is 0 Å². The first-order valence-corrected chi connectivity index (χ1v) is 10.2. The number of carbonyl (C=O) groups is 1. The Balaban J connectivity index is 1.53. The number of carbonyl (C=O) groups excluding carboxylic acids is 1. The molecule has 30 heavy (non-hydrogen) atoms. The zero-order chi connectivity index (χ0) is 21.3. The van der Waals surface area contributed by atoms with Gasteiger partial charge < -0.3 is 20.5 Å². The van der Waals surface area contributed by atoms with Crippen molar-refractivity contribution < 1.29 is 9.18 Å². The quantitative estimate of drug-likeness (QED) is 0.583. The highest BCUT2D eigenvalue weighted by atomic mass is 35.5. The molecule has 0 unspecified atom stereocenters. The molecule has 3 aromatic heterocycles. The van der Waals surface area contributed by atoms with Crippen LogP contribution in [-0.2, 0) is 0 Å². The van der Waals surface area contributed by atoms with Crippen molar-refractivity contribution in [2.75, 3.05) is 19.4 Å². The van der Waals surface area contributed by atoms with Crippen LogP contribution >= 0.6 is 11.6 Å². The number of pyridine rings is 1. The molecule has 10 heteroatoms. The van der Waals surface area contributed by atoms with E-state index < -0.39 is 5.82 Å². The van der Waals surface area contributed by atoms with Gasteiger partial charge in [-0.25, -0.2) is 24.1 Å². The van der Waals surface area contributed by atoms with Gasteiger partial charge in [-0.2, -0.15) is 0 Å². The van der Waals surface area contributed by atoms with E-state index in [1.165, 1.54) is 4.90 Å². The number of aromatic amines is 1. The Labute approximate surface area is 178 Å². The van der Waals surface area contributed by atoms with Crippen molar-refractivity contribution in [2.24, 2.45) is 0 Å². The van der Waals surface area contributed by atoms with Crippen LogP contribution in [0.15, 0.2) is 24.7 Å². The second-order valence-electron chi connectivity index (χ2n) is 7.69. The Morgan fingerprint density at radius 3 is 2.87 bits per heavy atom. The van der Waals surface area contributed by atoms with Crippen LogP contribution < -0.4 is 10.6 Å². The van der Waals surface area contributed by atoms with Gasteiger partial charge in [0.2, 0.25) is 0 Å². The van der Waals surface area contributed by atoms with Gasteiger partial charge in [0.25, 0.3) is 0 Å². The molecule has 1 fully saturated rings. The van der Waals surface area contributed by atoms with Crippen molar-refractivity contribution in [1.82, 2.24) is 30.2 Å². The first kappa shape index (κ1) is 20.3. The van der Waals surface area contributed by atoms with Gasteiger partial charge in [0.1, 0.15) is 5.65 Å². The molecule has 4 rings (SSSR count). The number of H-pyrrole nitrogens is 1. The predicted molar refractivity (Wildman–Crippen MR) is 114 cm³/mol. The van der Waals surface area contributed by atoms with E-state index in [-0.39, 0.29) is 23.9 Å². The van der Waals surface area contributed by atoms with Crippen LogP contribution in [0.3, 0.4) is 0 Å². The average molecular weight is 432 g/mol. The van der Waals surface area contributed by atoms with Crippen LogP contribution in [0.2, 0.25) is 5.02 Å². The molecule has 3 N–H and O–H groups in total. The number of amides is 2. The number of hydrogen-bond donors (Lipinski definition) is 3. The van der Waals surface area contributed by atoms with E-state index in [4.69, 9.17) is 11.6 Å². The van der Waals surface area contributed by atoms with Gasteiger partial charge in [0.05, 0.1) is 11.2 Å². The minimum atomic E-state index is -0.519. The van der Waals surface area contributed by atoms with Gasteiger partial charge in [-0.3, -0.25) is 0 Å². The molecule has 158 valence electrons. The van der Waals surface area contributed by atoms with E-state index in [9.17, 15) is 9.18 Å². The molecular weight excluding hydrogens is 409 g/mol. The number of rotatable bonds is 4. The summed E-state index contributed by atoms with van der Waals surface area (Å²) in [7, 11) is 3.41. The van der Waals surface area contributed by atoms with Gasteiger partial charge in [-0.1, -0.05) is 11.6 Å². The molecule has 3 aromatic rings. The molecule has 2 atom stereocenters. The highest BCUT2D eigenvalue weighted by Crippen LogP contribution is 2.29. The molecule has 1 aliphatic carbocycles. The second-order valence-corrected chi connectivity index (χ2v) is 8.13. The Kier molecular flexibility index (Phi) is 5.72. The molecule has 0 bridgehead atoms. The summed E-state index contributed by atoms with van der Waals surface area (Å²) in [5, 5.41) is 7.47. The number of halogens is 2. The topological polar surface area (TPSA) is 98.8 Å². The lowest BCUT2D eigenvalue weighted by Gasteiger charge is -2.31. The van der Waals surface area contributed by atoms with Crippen molar-refractivity contribution in [1.29, 1.82) is 0 Å². The van der Waals surface area contributed by atoms with Gasteiger partial charge in [0.15, 0.2) is 17.5 Å². The van der Waals surface area contributed by atoms with Gasteiger partial charge in [-0.15, -0.1) is 0 Å². The minimum Gasteiger partial charge on any atom is -0.365 e. The zero-order valence-corrected chi connectivity index (χ0v) is 17.5. The summed E-state index contributed by atoms with van der Waals surface area (Å²) < 4.78 is 14.5. The fourth-order valence-corrected chi connectivity index (χ4v) is 3.87. The number of hydrogen-bond acceptors (Lipinski definition) is 5. The van der Waals surface area contributed by atoms with Crippen LogP contribution in [-0.4, -0.2) is 57.0 Å². The Hall–Kier alpha value is -2.94. The first-order valence-electron chi connectivity index (χ1n) is 9.80. The predicted octanol–water partition coefficient (Wildman–Crippen LogP) is 3.81. The summed E-state index contributed by atoms with van der Waals surface area (Å²) in [5.74, 6) is 0.00519. The maximum Gasteiger partial charge on any atom is 0.317 e. The van der Waals surface area contributed by atoms with Crippen molar-refractivity contribution >= 4 is 34.5 Å². The standard InChI is InChI=1S/C20H23ClFN7O/c1-29(2)20(30)27-13-5-3-4-12(7-13)26-19-16(22)10-25-18(28-19)15-9-24-17-14(15)6-11(21)8-23-17/h6,8-10,12-13H,3-5,7H2,1-2H3,(H,23,24)(H,27,30)(H,25,26,28)/t12-,13-/m1/s1. The third-order valence-electron chi connectivity index (χ3n) is 5.23. The normalized spacial score (nSPS) is 18.9. The third kappa shape index (κ3) is 4.30. The largest absolute Gasteiger partial charge is 0.365 e. The molecule has 0 aromatic carbocycles. The third-order valence-corrected chi connectivity index (χ3v) is 5.44. The number of anilines is 1. The zero-order valence-electron chi connectivity index (χ0n) is 16.7. The molecule has 3 heterocycles. The van der Waals surface area contributed by atoms with Crippen molar-refractivity contribution in [3.05, 3.63) is 35.5 Å². The Morgan fingerprint density at radius 2 is 2.07 bits per heavy atom. The molecule has 0 spiro atoms. The number of fused-ring (bicyclic) bond motifs is 1. The summed E-state index contributed by atoms with van der Waals surface area (Å²) in [6, 6.07) is 1.69. The van der Waals surface area contributed by atoms with E-state index in [0.29, 0.717) is 28.5 Å². The van der Waals surface area contributed by atoms with Crippen molar-refractivity contribution in [2.45, 2.75) is 37.8 Å². The second kappa shape index (κ2) is 8.43. The summed E-state index contributed by atoms with van der Waals surface area (Å²) in [4.78, 5) is 29.3. The highest BCUT2D eigenvalue weighted by Gasteiger charge is 2.25. The molecular formula is C20H23ClFN7O. The Bertz CT molecular complexity index is 1070. The summed E-state index contributed by atoms with van der Waals surface area (Å²) in [6.45, 7) is 0. The summed E-state index contributed by atoms with van der Waals surface area (Å²) >= 11 is 6.07. The monoisotopic (exact) mass is 431 g/mol. The van der Waals surface area contributed by atoms with E-state index in [1.807, 2.05) is 0 Å². The maximum absolute atomic E-state index is 14.5. The molecule has 8 nitrogen and oxygen atoms in total. The average Bonchev–Trinajstić information content (AvgIpc) is 3.13. The van der Waals surface area contributed by atoms with E-state index in [0.717, 1.165) is 30.8 Å². The number of aromatic nitrogens is 4. The molecule has 0 saturated heterocycles. The Morgan fingerprint density at radius 1 is 1.27 bits per heavy atom. The van der Waals surface area contributed by atoms with E-state index in [2.05, 4.69) is 30.6 Å². The molecule has 2 amide bonds. The smallest absolute Gasteiger partial charge is 0.317 e. The fourth-order valence-electron chi connectivity index (χ4n) is 3.71. The van der Waals surface area contributed by atoms with Crippen molar-refractivity contribution in [3.63, 3.8) is 0 Å². The minimum absolute atomic E-state index is 0.00235. The molecule has 1 saturated carbocycles. The van der Waals surface area contributed by atoms with Crippen LogP contribution in [0, 0.1) is 5.82 Å². The van der Waals surface area contributed by atoms with Crippen LogP contribution in [0.4, 0.5) is 15.0 Å². The van der Waals surface area contributed by atoms with E-state index in [1.54, 1.807) is 32.6 Å². The van der Waals surface area contributed by atoms with Gasteiger partial charge in [0, 0.05) is 49.5 Å². The summed E-state index contributed by atoms with van der Waals surface area (Å²) in [6.07, 6.45) is 7.86. The van der Waals surface area contributed by atoms with Gasteiger partial charge >= 0.3 is 6.03 Å². The van der Waals surface area contributed by atoms with Crippen LogP contribution in [0.25, 0.3) is 22.4 Å². The summed E-state index contributed by atoms with van der Waals surface area (Å²) in [5.41, 5.74) is 1.35. The first-order chi connectivity index (χ1) is 14.4. The van der Waals surface area contributed by atoms with E-state index >= 15 is 0 Å². The molecule has 1 aliphatic rings. The molecule has 0 radical (unpaired) electrons. The van der Waals surface area contributed by atoms with Crippen LogP contribution in [0.1, 0.15) is 25.7 Å². The lowest BCUT2D eigenvalue weighted by molar-refractivity contribution is 0.208. The number of nitrogens with zero attached hydrogens (tertiary/aromatic N) is 4. The number of nitrogens with one attached hydrogen (secondary N) is 3. The van der Waals surface area contributed by atoms with Gasteiger partial charge in [-0.05, 0) is 31.7 Å². The fraction of sp³-hybridized carbons (Fsp3) is 0.400.